The molecule has 0 spiro atoms. The minimum absolute atomic E-state index is 0.363. The molecule has 10 heteroatoms. The summed E-state index contributed by atoms with van der Waals surface area (Å²) >= 11 is 2.91. The van der Waals surface area contributed by atoms with Gasteiger partial charge in [-0.25, -0.2) is 0 Å². The Morgan fingerprint density at radius 1 is 0.800 bits per heavy atom. The molecule has 0 radical (unpaired) electrons. The van der Waals surface area contributed by atoms with Gasteiger partial charge in [0.1, 0.15) is 0 Å². The maximum absolute atomic E-state index is 13.1. The van der Waals surface area contributed by atoms with E-state index >= 15 is 0 Å². The number of alkyl halides is 9. The second-order valence-corrected chi connectivity index (χ2v) is 4.58. The lowest BCUT2D eigenvalue weighted by Crippen LogP contribution is -2.63. The predicted molar refractivity (Wildman–Crippen MR) is 43.5 cm³/mol. The Kier molecular flexibility index (Phi) is 4.14. The maximum atomic E-state index is 13.1. The minimum Gasteiger partial charge on any atom is -0.339 e. The molecule has 1 unspecified atom stereocenters. The first-order valence-corrected chi connectivity index (χ1v) is 4.65. The minimum atomic E-state index is -5.93. The van der Waals surface area contributed by atoms with E-state index in [-0.39, 0.29) is 0 Å². The van der Waals surface area contributed by atoms with Crippen LogP contribution in [0.15, 0.2) is 0 Å². The average molecular weight is 372 g/mol. The molecule has 1 atom stereocenters. The van der Waals surface area contributed by atoms with Crippen LogP contribution in [-0.2, 0) is 4.74 Å². The first-order valence-electron chi connectivity index (χ1n) is 3.06. The van der Waals surface area contributed by atoms with Crippen LogP contribution in [0, 0.1) is 0 Å². The molecule has 0 aliphatic carbocycles. The summed E-state index contributed by atoms with van der Waals surface area (Å²) in [6.45, 7) is 0. The van der Waals surface area contributed by atoms with E-state index in [2.05, 4.69) is 4.74 Å². The van der Waals surface area contributed by atoms with Gasteiger partial charge in [0, 0.05) is 7.11 Å². The molecule has 0 saturated heterocycles. The van der Waals surface area contributed by atoms with Crippen LogP contribution in [0.5, 0.6) is 0 Å². The van der Waals surface area contributed by atoms with Crippen LogP contribution in [-0.4, -0.2) is 28.6 Å². The first kappa shape index (κ1) is 15.4. The van der Waals surface area contributed by atoms with Gasteiger partial charge in [0.05, 0.1) is 0 Å². The van der Waals surface area contributed by atoms with Crippen molar-refractivity contribution in [2.75, 3.05) is 7.11 Å². The summed E-state index contributed by atoms with van der Waals surface area (Å²) in [5.41, 5.74) is 0. The molecule has 92 valence electrons. The lowest BCUT2D eigenvalue weighted by atomic mass is 10.1. The maximum Gasteiger partial charge on any atom is 0.419 e. The molecule has 1 nitrogen and oxygen atoms in total. The Morgan fingerprint density at radius 2 is 1.07 bits per heavy atom. The summed E-state index contributed by atoms with van der Waals surface area (Å²) in [6.07, 6.45) is -11.9. The van der Waals surface area contributed by atoms with E-state index in [1.54, 1.807) is 15.9 Å². The van der Waals surface area contributed by atoms with Gasteiger partial charge in [-0.2, -0.15) is 30.7 Å². The molecule has 0 fully saturated rings. The predicted octanol–water partition coefficient (Wildman–Crippen LogP) is 3.91. The van der Waals surface area contributed by atoms with Crippen molar-refractivity contribution in [3.8, 4) is 0 Å². The second kappa shape index (κ2) is 4.02. The van der Waals surface area contributed by atoms with E-state index < -0.39 is 21.4 Å². The Labute approximate surface area is 96.2 Å². The Morgan fingerprint density at radius 3 is 1.13 bits per heavy atom. The van der Waals surface area contributed by atoms with E-state index in [1.165, 1.54) is 15.9 Å². The third kappa shape index (κ3) is 2.41. The van der Waals surface area contributed by atoms with E-state index in [1.807, 2.05) is 0 Å². The monoisotopic (exact) mass is 370 g/mol. The van der Waals surface area contributed by atoms with E-state index in [4.69, 9.17) is 0 Å². The fraction of sp³-hybridized carbons (Fsp3) is 1.00. The highest BCUT2D eigenvalue weighted by Crippen LogP contribution is 2.59. The van der Waals surface area contributed by atoms with Gasteiger partial charge in [-0.15, -0.1) is 0 Å². The molecule has 0 aromatic carbocycles. The highest BCUT2D eigenvalue weighted by Gasteiger charge is 2.80. The van der Waals surface area contributed by atoms with Gasteiger partial charge in [0.25, 0.3) is 9.09 Å². The summed E-state index contributed by atoms with van der Waals surface area (Å²) in [7, 11) is 0.363. The average Bonchev–Trinajstić information content (AvgIpc) is 1.98. The van der Waals surface area contributed by atoms with Crippen molar-refractivity contribution in [3.63, 3.8) is 0 Å². The smallest absolute Gasteiger partial charge is 0.339 e. The standard InChI is InChI=1S/C5H3Br2F7O/c1-15-3(7,8)2(6,4(9,10)11)5(12,13)14/h1H3. The SMILES string of the molecule is COC(F)(Br)C(Br)(C(F)(F)F)C(F)(F)F. The largest absolute Gasteiger partial charge is 0.419 e. The van der Waals surface area contributed by atoms with E-state index in [0.29, 0.717) is 7.11 Å². The zero-order chi connectivity index (χ0) is 12.7. The number of hydrogen-bond acceptors (Lipinski definition) is 1. The summed E-state index contributed by atoms with van der Waals surface area (Å²) < 4.78 is 80.6. The molecular formula is C5H3Br2F7O. The van der Waals surface area contributed by atoms with Crippen LogP contribution in [0.2, 0.25) is 0 Å². The molecule has 0 aliphatic rings. The van der Waals surface area contributed by atoms with Gasteiger partial charge in [0.2, 0.25) is 0 Å². The third-order valence-electron chi connectivity index (χ3n) is 1.44. The molecule has 0 aromatic rings. The van der Waals surface area contributed by atoms with Gasteiger partial charge in [-0.05, 0) is 15.9 Å². The van der Waals surface area contributed by atoms with Crippen molar-refractivity contribution in [1.82, 2.24) is 0 Å². The zero-order valence-electron chi connectivity index (χ0n) is 6.81. The third-order valence-corrected chi connectivity index (χ3v) is 4.30. The van der Waals surface area contributed by atoms with Gasteiger partial charge in [-0.1, -0.05) is 15.9 Å². The van der Waals surface area contributed by atoms with E-state index in [9.17, 15) is 30.7 Å². The molecule has 15 heavy (non-hydrogen) atoms. The van der Waals surface area contributed by atoms with Crippen LogP contribution >= 0.6 is 31.9 Å². The lowest BCUT2D eigenvalue weighted by molar-refractivity contribution is -0.308. The van der Waals surface area contributed by atoms with Crippen molar-refractivity contribution in [1.29, 1.82) is 0 Å². The molecule has 0 aliphatic heterocycles. The van der Waals surface area contributed by atoms with Gasteiger partial charge >= 0.3 is 12.4 Å². The lowest BCUT2D eigenvalue weighted by Gasteiger charge is -2.38. The Bertz CT molecular complexity index is 219. The van der Waals surface area contributed by atoms with Crippen LogP contribution in [0.25, 0.3) is 0 Å². The number of methoxy groups -OCH3 is 1. The van der Waals surface area contributed by atoms with Crippen LogP contribution < -0.4 is 0 Å². The van der Waals surface area contributed by atoms with Crippen molar-refractivity contribution in [3.05, 3.63) is 0 Å². The molecule has 0 N–H and O–H groups in total. The highest BCUT2D eigenvalue weighted by molar-refractivity contribution is 9.12. The van der Waals surface area contributed by atoms with Crippen LogP contribution in [0.4, 0.5) is 30.7 Å². The molecule has 0 rings (SSSR count). The van der Waals surface area contributed by atoms with Crippen molar-refractivity contribution in [2.24, 2.45) is 0 Å². The molecule has 0 heterocycles. The number of halogens is 9. The fourth-order valence-electron chi connectivity index (χ4n) is 0.631. The quantitative estimate of drug-likeness (QED) is 0.528. The summed E-state index contributed by atoms with van der Waals surface area (Å²) in [4.78, 5) is 0. The van der Waals surface area contributed by atoms with Crippen molar-refractivity contribution < 1.29 is 35.5 Å². The molecule has 0 saturated carbocycles. The fourth-order valence-corrected chi connectivity index (χ4v) is 1.24. The molecule has 0 bridgehead atoms. The van der Waals surface area contributed by atoms with Crippen molar-refractivity contribution >= 4 is 31.9 Å². The van der Waals surface area contributed by atoms with Gasteiger partial charge in [0.15, 0.2) is 0 Å². The second-order valence-electron chi connectivity index (χ2n) is 2.37. The Hall–Kier alpha value is 0.430. The summed E-state index contributed by atoms with van der Waals surface area (Å²) in [5, 5.41) is 0. The number of rotatable bonds is 2. The number of ether oxygens (including phenoxy) is 1. The topological polar surface area (TPSA) is 9.23 Å². The van der Waals surface area contributed by atoms with Gasteiger partial charge in [-0.3, -0.25) is 0 Å². The summed E-state index contributed by atoms with van der Waals surface area (Å²) in [6, 6.07) is 0. The molecule has 0 amide bonds. The zero-order valence-corrected chi connectivity index (χ0v) is 9.98. The normalized spacial score (nSPS) is 18.8. The van der Waals surface area contributed by atoms with Crippen LogP contribution in [0.1, 0.15) is 0 Å². The number of hydrogen-bond donors (Lipinski definition) is 0. The highest BCUT2D eigenvalue weighted by atomic mass is 79.9. The van der Waals surface area contributed by atoms with E-state index in [0.717, 1.165) is 0 Å². The molecular weight excluding hydrogens is 369 g/mol. The first-order chi connectivity index (χ1) is 6.31. The Balaban J connectivity index is 5.65. The molecule has 0 aromatic heterocycles. The van der Waals surface area contributed by atoms with Gasteiger partial charge < -0.3 is 4.74 Å². The van der Waals surface area contributed by atoms with Crippen molar-refractivity contribution in [2.45, 2.75) is 21.4 Å². The summed E-state index contributed by atoms with van der Waals surface area (Å²) in [5.74, 6) is 0. The van der Waals surface area contributed by atoms with Crippen LogP contribution in [0.3, 0.4) is 0 Å².